The molecule has 66 valence electrons. The second-order valence-corrected chi connectivity index (χ2v) is 3.88. The Labute approximate surface area is 74.5 Å². The maximum Gasteiger partial charge on any atom is 0.0279 e. The monoisotopic (exact) mass is 163 g/mol. The van der Waals surface area contributed by atoms with Gasteiger partial charge in [0.1, 0.15) is 0 Å². The van der Waals surface area contributed by atoms with E-state index in [9.17, 15) is 0 Å². The van der Waals surface area contributed by atoms with Crippen LogP contribution in [0.15, 0.2) is 24.8 Å². The Morgan fingerprint density at radius 1 is 1.42 bits per heavy atom. The number of allylic oxidation sites excluding steroid dienone is 2. The number of nitrogens with one attached hydrogen (secondary N) is 1. The minimum atomic E-state index is 0.579. The molecule has 0 amide bonds. The van der Waals surface area contributed by atoms with Crippen LogP contribution < -0.4 is 5.32 Å². The molecule has 0 aromatic heterocycles. The van der Waals surface area contributed by atoms with Crippen LogP contribution in [0.2, 0.25) is 0 Å². The van der Waals surface area contributed by atoms with Crippen molar-refractivity contribution >= 4 is 0 Å². The molecule has 12 heavy (non-hydrogen) atoms. The summed E-state index contributed by atoms with van der Waals surface area (Å²) in [6.07, 6.45) is 10.6. The van der Waals surface area contributed by atoms with Crippen molar-refractivity contribution in [2.24, 2.45) is 11.8 Å². The average molecular weight is 163 g/mol. The van der Waals surface area contributed by atoms with E-state index < -0.39 is 0 Å². The van der Waals surface area contributed by atoms with Crippen molar-refractivity contribution in [1.82, 2.24) is 5.32 Å². The SMILES string of the molecule is C=CC1NCC2CC=CCCC21. The second kappa shape index (κ2) is 3.44. The molecule has 0 radical (unpaired) electrons. The molecule has 1 heteroatoms. The van der Waals surface area contributed by atoms with Crippen molar-refractivity contribution < 1.29 is 0 Å². The Balaban J connectivity index is 2.07. The van der Waals surface area contributed by atoms with Gasteiger partial charge in [0.2, 0.25) is 0 Å². The fourth-order valence-electron chi connectivity index (χ4n) is 2.49. The largest absolute Gasteiger partial charge is 0.310 e. The number of hydrogen-bond acceptors (Lipinski definition) is 1. The molecule has 0 spiro atoms. The highest BCUT2D eigenvalue weighted by Gasteiger charge is 2.33. The van der Waals surface area contributed by atoms with Crippen LogP contribution in [0.5, 0.6) is 0 Å². The molecule has 1 heterocycles. The zero-order valence-electron chi connectivity index (χ0n) is 7.50. The van der Waals surface area contributed by atoms with E-state index in [2.05, 4.69) is 30.1 Å². The van der Waals surface area contributed by atoms with Gasteiger partial charge >= 0.3 is 0 Å². The first-order valence-electron chi connectivity index (χ1n) is 4.93. The fourth-order valence-corrected chi connectivity index (χ4v) is 2.49. The highest BCUT2D eigenvalue weighted by Crippen LogP contribution is 2.32. The Morgan fingerprint density at radius 3 is 3.17 bits per heavy atom. The van der Waals surface area contributed by atoms with E-state index in [1.807, 2.05) is 0 Å². The lowest BCUT2D eigenvalue weighted by atomic mass is 9.86. The van der Waals surface area contributed by atoms with E-state index in [0.29, 0.717) is 6.04 Å². The molecule has 0 bridgehead atoms. The second-order valence-electron chi connectivity index (χ2n) is 3.88. The zero-order chi connectivity index (χ0) is 8.39. The third kappa shape index (κ3) is 1.34. The van der Waals surface area contributed by atoms with Gasteiger partial charge in [-0.05, 0) is 37.6 Å². The minimum absolute atomic E-state index is 0.579. The van der Waals surface area contributed by atoms with Gasteiger partial charge < -0.3 is 5.32 Å². The molecule has 1 saturated heterocycles. The molecular formula is C11H17N. The summed E-state index contributed by atoms with van der Waals surface area (Å²) in [6.45, 7) is 5.07. The third-order valence-electron chi connectivity index (χ3n) is 3.21. The highest BCUT2D eigenvalue weighted by molar-refractivity contribution is 5.04. The van der Waals surface area contributed by atoms with Crippen LogP contribution in [0.4, 0.5) is 0 Å². The fraction of sp³-hybridized carbons (Fsp3) is 0.636. The van der Waals surface area contributed by atoms with Crippen molar-refractivity contribution in [2.45, 2.75) is 25.3 Å². The Kier molecular flexibility index (Phi) is 2.31. The quantitative estimate of drug-likeness (QED) is 0.584. The molecule has 1 fully saturated rings. The molecule has 3 atom stereocenters. The summed E-state index contributed by atoms with van der Waals surface area (Å²) in [7, 11) is 0. The number of hydrogen-bond donors (Lipinski definition) is 1. The van der Waals surface area contributed by atoms with Gasteiger partial charge in [-0.3, -0.25) is 0 Å². The van der Waals surface area contributed by atoms with Crippen molar-refractivity contribution in [3.63, 3.8) is 0 Å². The lowest BCUT2D eigenvalue weighted by molar-refractivity contribution is 0.379. The maximum atomic E-state index is 3.88. The summed E-state index contributed by atoms with van der Waals surface area (Å²) in [4.78, 5) is 0. The summed E-state index contributed by atoms with van der Waals surface area (Å²) in [5.41, 5.74) is 0. The highest BCUT2D eigenvalue weighted by atomic mass is 15.0. The van der Waals surface area contributed by atoms with Gasteiger partial charge in [0.05, 0.1) is 0 Å². The van der Waals surface area contributed by atoms with E-state index in [0.717, 1.165) is 11.8 Å². The van der Waals surface area contributed by atoms with Gasteiger partial charge in [0, 0.05) is 6.04 Å². The maximum absolute atomic E-state index is 3.88. The van der Waals surface area contributed by atoms with Crippen LogP contribution in [-0.4, -0.2) is 12.6 Å². The van der Waals surface area contributed by atoms with Gasteiger partial charge in [-0.15, -0.1) is 6.58 Å². The summed E-state index contributed by atoms with van der Waals surface area (Å²) >= 11 is 0. The van der Waals surface area contributed by atoms with Gasteiger partial charge in [-0.25, -0.2) is 0 Å². The lowest BCUT2D eigenvalue weighted by Gasteiger charge is -2.18. The molecule has 1 aliphatic heterocycles. The van der Waals surface area contributed by atoms with Crippen molar-refractivity contribution in [1.29, 1.82) is 0 Å². The van der Waals surface area contributed by atoms with Crippen LogP contribution in [0, 0.1) is 11.8 Å². The molecule has 0 aromatic carbocycles. The zero-order valence-corrected chi connectivity index (χ0v) is 7.50. The molecule has 1 N–H and O–H groups in total. The topological polar surface area (TPSA) is 12.0 Å². The molecule has 2 rings (SSSR count). The number of rotatable bonds is 1. The summed E-state index contributed by atoms with van der Waals surface area (Å²) < 4.78 is 0. The molecule has 1 nitrogen and oxygen atoms in total. The van der Waals surface area contributed by atoms with Gasteiger partial charge in [0.25, 0.3) is 0 Å². The van der Waals surface area contributed by atoms with E-state index in [4.69, 9.17) is 0 Å². The van der Waals surface area contributed by atoms with Crippen LogP contribution in [0.3, 0.4) is 0 Å². The predicted molar refractivity (Wildman–Crippen MR) is 52.0 cm³/mol. The Bertz CT molecular complexity index is 195. The number of fused-ring (bicyclic) bond motifs is 1. The van der Waals surface area contributed by atoms with Crippen LogP contribution in [0.1, 0.15) is 19.3 Å². The minimum Gasteiger partial charge on any atom is -0.310 e. The van der Waals surface area contributed by atoms with E-state index in [-0.39, 0.29) is 0 Å². The standard InChI is InChI=1S/C11H17N/c1-2-11-10-7-5-3-4-6-9(10)8-12-11/h2-4,9-12H,1,5-8H2. The smallest absolute Gasteiger partial charge is 0.0279 e. The first-order chi connectivity index (χ1) is 5.92. The normalized spacial score (nSPS) is 40.5. The molecule has 3 unspecified atom stereocenters. The summed E-state index contributed by atoms with van der Waals surface area (Å²) in [5, 5.41) is 3.52. The molecule has 0 saturated carbocycles. The molecule has 2 aliphatic rings. The van der Waals surface area contributed by atoms with Crippen LogP contribution in [0.25, 0.3) is 0 Å². The van der Waals surface area contributed by atoms with Crippen LogP contribution in [-0.2, 0) is 0 Å². The van der Waals surface area contributed by atoms with E-state index in [1.54, 1.807) is 0 Å². The first-order valence-corrected chi connectivity index (χ1v) is 4.93. The summed E-state index contributed by atoms with van der Waals surface area (Å²) in [5.74, 6) is 1.71. The first kappa shape index (κ1) is 8.06. The van der Waals surface area contributed by atoms with Crippen molar-refractivity contribution in [3.8, 4) is 0 Å². The van der Waals surface area contributed by atoms with Crippen molar-refractivity contribution in [3.05, 3.63) is 24.8 Å². The van der Waals surface area contributed by atoms with E-state index >= 15 is 0 Å². The van der Waals surface area contributed by atoms with Crippen molar-refractivity contribution in [2.75, 3.05) is 6.54 Å². The molecule has 0 aromatic rings. The predicted octanol–water partition coefficient (Wildman–Crippen LogP) is 2.12. The summed E-state index contributed by atoms with van der Waals surface area (Å²) in [6, 6.07) is 0.579. The lowest BCUT2D eigenvalue weighted by Crippen LogP contribution is -2.24. The molecule has 1 aliphatic carbocycles. The van der Waals surface area contributed by atoms with Gasteiger partial charge in [-0.1, -0.05) is 18.2 Å². The third-order valence-corrected chi connectivity index (χ3v) is 3.21. The van der Waals surface area contributed by atoms with E-state index in [1.165, 1.54) is 25.8 Å². The van der Waals surface area contributed by atoms with Gasteiger partial charge in [0.15, 0.2) is 0 Å². The Hall–Kier alpha value is -0.560. The van der Waals surface area contributed by atoms with Gasteiger partial charge in [-0.2, -0.15) is 0 Å². The molecular weight excluding hydrogens is 146 g/mol. The average Bonchev–Trinajstić information content (AvgIpc) is 2.33. The Morgan fingerprint density at radius 2 is 2.33 bits per heavy atom. The van der Waals surface area contributed by atoms with Crippen LogP contribution >= 0.6 is 0 Å².